The summed E-state index contributed by atoms with van der Waals surface area (Å²) in [5.41, 5.74) is 6.98. The molecular weight excluding hydrogens is 292 g/mol. The van der Waals surface area contributed by atoms with Crippen molar-refractivity contribution in [3.63, 3.8) is 0 Å². The molecule has 0 saturated heterocycles. The van der Waals surface area contributed by atoms with Gasteiger partial charge in [0.05, 0.1) is 21.8 Å². The number of rotatable bonds is 4. The van der Waals surface area contributed by atoms with E-state index in [9.17, 15) is 13.2 Å². The van der Waals surface area contributed by atoms with Gasteiger partial charge in [-0.05, 0) is 36.4 Å². The van der Waals surface area contributed by atoms with Crippen molar-refractivity contribution >= 4 is 32.9 Å². The highest BCUT2D eigenvalue weighted by atomic mass is 32.2. The van der Waals surface area contributed by atoms with E-state index >= 15 is 0 Å². The number of carboxylic acid groups (broad SMARTS) is 1. The zero-order valence-corrected chi connectivity index (χ0v) is 12.0. The van der Waals surface area contributed by atoms with E-state index in [1.54, 1.807) is 24.3 Å². The lowest BCUT2D eigenvalue weighted by molar-refractivity contribution is 0.0698. The molecule has 0 heterocycles. The summed E-state index contributed by atoms with van der Waals surface area (Å²) in [6.45, 7) is 0. The van der Waals surface area contributed by atoms with Gasteiger partial charge < -0.3 is 16.2 Å². The highest BCUT2D eigenvalue weighted by molar-refractivity contribution is 7.90. The number of nitrogens with one attached hydrogen (secondary N) is 1. The van der Waals surface area contributed by atoms with Crippen LogP contribution in [-0.2, 0) is 9.84 Å². The number of nitrogen functional groups attached to an aromatic ring is 1. The van der Waals surface area contributed by atoms with Gasteiger partial charge in [-0.1, -0.05) is 6.07 Å². The van der Waals surface area contributed by atoms with Crippen LogP contribution in [0.15, 0.2) is 47.4 Å². The van der Waals surface area contributed by atoms with Crippen LogP contribution in [0.4, 0.5) is 17.1 Å². The van der Waals surface area contributed by atoms with Crippen LogP contribution in [0.3, 0.4) is 0 Å². The van der Waals surface area contributed by atoms with Gasteiger partial charge >= 0.3 is 5.97 Å². The normalized spacial score (nSPS) is 11.1. The largest absolute Gasteiger partial charge is 0.478 e. The number of para-hydroxylation sites is 1. The first-order valence-electron chi connectivity index (χ1n) is 5.98. The van der Waals surface area contributed by atoms with Crippen LogP contribution < -0.4 is 11.1 Å². The van der Waals surface area contributed by atoms with Gasteiger partial charge in [-0.2, -0.15) is 0 Å². The third-order valence-electron chi connectivity index (χ3n) is 2.90. The summed E-state index contributed by atoms with van der Waals surface area (Å²) in [6.07, 6.45) is 1.13. The van der Waals surface area contributed by atoms with Crippen LogP contribution in [-0.4, -0.2) is 25.7 Å². The monoisotopic (exact) mass is 306 g/mol. The molecule has 6 nitrogen and oxygen atoms in total. The fourth-order valence-corrected chi connectivity index (χ4v) is 2.43. The lowest BCUT2D eigenvalue weighted by Crippen LogP contribution is -2.05. The number of hydrogen-bond acceptors (Lipinski definition) is 5. The van der Waals surface area contributed by atoms with Crippen molar-refractivity contribution in [2.45, 2.75) is 4.90 Å². The molecule has 2 rings (SSSR count). The van der Waals surface area contributed by atoms with Gasteiger partial charge in [0.1, 0.15) is 0 Å². The first-order valence-corrected chi connectivity index (χ1v) is 7.87. The molecule has 0 aromatic heterocycles. The number of carboxylic acids is 1. The Morgan fingerprint density at radius 3 is 2.29 bits per heavy atom. The zero-order valence-electron chi connectivity index (χ0n) is 11.2. The second-order valence-corrected chi connectivity index (χ2v) is 6.51. The lowest BCUT2D eigenvalue weighted by atomic mass is 10.1. The molecule has 0 radical (unpaired) electrons. The van der Waals surface area contributed by atoms with Gasteiger partial charge in [-0.25, -0.2) is 13.2 Å². The van der Waals surface area contributed by atoms with Crippen molar-refractivity contribution in [2.75, 3.05) is 17.3 Å². The average molecular weight is 306 g/mol. The molecule has 0 amide bonds. The first kappa shape index (κ1) is 14.9. The second kappa shape index (κ2) is 5.45. The van der Waals surface area contributed by atoms with Gasteiger partial charge in [0, 0.05) is 11.9 Å². The Labute approximate surface area is 122 Å². The van der Waals surface area contributed by atoms with Crippen molar-refractivity contribution in [1.29, 1.82) is 0 Å². The number of sulfone groups is 1. The van der Waals surface area contributed by atoms with Crippen LogP contribution in [0, 0.1) is 0 Å². The molecule has 7 heteroatoms. The topological polar surface area (TPSA) is 109 Å². The molecule has 0 aliphatic carbocycles. The third-order valence-corrected chi connectivity index (χ3v) is 4.03. The first-order chi connectivity index (χ1) is 9.79. The lowest BCUT2D eigenvalue weighted by Gasteiger charge is -2.11. The Morgan fingerprint density at radius 1 is 1.14 bits per heavy atom. The van der Waals surface area contributed by atoms with E-state index in [4.69, 9.17) is 10.8 Å². The summed E-state index contributed by atoms with van der Waals surface area (Å²) >= 11 is 0. The number of aromatic carboxylic acids is 1. The molecule has 0 saturated carbocycles. The number of benzene rings is 2. The average Bonchev–Trinajstić information content (AvgIpc) is 2.40. The van der Waals surface area contributed by atoms with Gasteiger partial charge in [0.15, 0.2) is 9.84 Å². The summed E-state index contributed by atoms with van der Waals surface area (Å²) in [5, 5.41) is 12.0. The minimum atomic E-state index is -3.25. The summed E-state index contributed by atoms with van der Waals surface area (Å²) in [6, 6.07) is 10.7. The van der Waals surface area contributed by atoms with Gasteiger partial charge in [0.25, 0.3) is 0 Å². The maximum absolute atomic E-state index is 11.4. The molecule has 21 heavy (non-hydrogen) atoms. The molecule has 0 unspecified atom stereocenters. The summed E-state index contributed by atoms with van der Waals surface area (Å²) in [4.78, 5) is 11.2. The zero-order chi connectivity index (χ0) is 15.6. The fraction of sp³-hybridized carbons (Fsp3) is 0.0714. The Kier molecular flexibility index (Phi) is 3.86. The number of carbonyl (C=O) groups is 1. The van der Waals surface area contributed by atoms with E-state index in [-0.39, 0.29) is 16.1 Å². The molecule has 4 N–H and O–H groups in total. The van der Waals surface area contributed by atoms with E-state index in [0.717, 1.165) is 6.26 Å². The standard InChI is InChI=1S/C14H14N2O4S/c1-21(19,20)10-7-5-9(6-8-10)16-12-4-2-3-11(13(12)15)14(17)18/h2-8,16H,15H2,1H3,(H,17,18). The fourth-order valence-electron chi connectivity index (χ4n) is 1.80. The molecule has 0 aliphatic heterocycles. The molecule has 0 atom stereocenters. The molecule has 110 valence electrons. The van der Waals surface area contributed by atoms with E-state index in [1.807, 2.05) is 0 Å². The van der Waals surface area contributed by atoms with Crippen molar-refractivity contribution in [3.8, 4) is 0 Å². The number of hydrogen-bond donors (Lipinski definition) is 3. The van der Waals surface area contributed by atoms with E-state index in [0.29, 0.717) is 11.4 Å². The Morgan fingerprint density at radius 2 is 1.76 bits per heavy atom. The van der Waals surface area contributed by atoms with Gasteiger partial charge in [-0.3, -0.25) is 0 Å². The smallest absolute Gasteiger partial charge is 0.337 e. The van der Waals surface area contributed by atoms with E-state index in [1.165, 1.54) is 18.2 Å². The van der Waals surface area contributed by atoms with Crippen LogP contribution in [0.5, 0.6) is 0 Å². The van der Waals surface area contributed by atoms with Gasteiger partial charge in [-0.15, -0.1) is 0 Å². The summed E-state index contributed by atoms with van der Waals surface area (Å²) < 4.78 is 22.7. The second-order valence-electron chi connectivity index (χ2n) is 4.49. The van der Waals surface area contributed by atoms with Crippen molar-refractivity contribution in [1.82, 2.24) is 0 Å². The molecule has 2 aromatic rings. The number of nitrogens with two attached hydrogens (primary N) is 1. The maximum atomic E-state index is 11.4. The molecule has 0 aliphatic rings. The Balaban J connectivity index is 2.31. The predicted octanol–water partition coefficient (Wildman–Crippen LogP) is 2.11. The van der Waals surface area contributed by atoms with E-state index in [2.05, 4.69) is 5.32 Å². The van der Waals surface area contributed by atoms with Crippen LogP contribution in [0.2, 0.25) is 0 Å². The number of anilines is 3. The highest BCUT2D eigenvalue weighted by Gasteiger charge is 2.11. The summed E-state index contributed by atoms with van der Waals surface area (Å²) in [5.74, 6) is -1.11. The molecule has 0 fully saturated rings. The molecular formula is C14H14N2O4S. The highest BCUT2D eigenvalue weighted by Crippen LogP contribution is 2.26. The van der Waals surface area contributed by atoms with Crippen LogP contribution in [0.1, 0.15) is 10.4 Å². The maximum Gasteiger partial charge on any atom is 0.337 e. The van der Waals surface area contributed by atoms with Crippen LogP contribution >= 0.6 is 0 Å². The van der Waals surface area contributed by atoms with E-state index < -0.39 is 15.8 Å². The SMILES string of the molecule is CS(=O)(=O)c1ccc(Nc2cccc(C(=O)O)c2N)cc1. The predicted molar refractivity (Wildman–Crippen MR) is 80.6 cm³/mol. The van der Waals surface area contributed by atoms with Crippen LogP contribution in [0.25, 0.3) is 0 Å². The molecule has 0 bridgehead atoms. The Hall–Kier alpha value is -2.54. The van der Waals surface area contributed by atoms with Gasteiger partial charge in [0.2, 0.25) is 0 Å². The third kappa shape index (κ3) is 3.32. The van der Waals surface area contributed by atoms with Crippen molar-refractivity contribution in [3.05, 3.63) is 48.0 Å². The minimum absolute atomic E-state index is 0.00718. The molecule has 2 aromatic carbocycles. The minimum Gasteiger partial charge on any atom is -0.478 e. The summed E-state index contributed by atoms with van der Waals surface area (Å²) in [7, 11) is -3.25. The quantitative estimate of drug-likeness (QED) is 0.746. The Bertz CT molecular complexity index is 783. The van der Waals surface area contributed by atoms with Crippen molar-refractivity contribution < 1.29 is 18.3 Å². The molecule has 0 spiro atoms. The van der Waals surface area contributed by atoms with Crippen molar-refractivity contribution in [2.24, 2.45) is 0 Å².